The van der Waals surface area contributed by atoms with Crippen LogP contribution in [0.1, 0.15) is 23.1 Å². The predicted molar refractivity (Wildman–Crippen MR) is 166 cm³/mol. The van der Waals surface area contributed by atoms with Crippen molar-refractivity contribution in [2.45, 2.75) is 32.2 Å². The fourth-order valence-electron chi connectivity index (χ4n) is 6.48. The van der Waals surface area contributed by atoms with Crippen molar-refractivity contribution < 1.29 is 14.3 Å². The molecular formula is C35H34N4O3. The van der Waals surface area contributed by atoms with E-state index in [1.165, 1.54) is 4.90 Å². The van der Waals surface area contributed by atoms with E-state index in [0.29, 0.717) is 24.3 Å². The van der Waals surface area contributed by atoms with Crippen LogP contribution in [0.5, 0.6) is 0 Å². The summed E-state index contributed by atoms with van der Waals surface area (Å²) in [7, 11) is 4.14. The second kappa shape index (κ2) is 10.7. The van der Waals surface area contributed by atoms with Crippen LogP contribution in [0.25, 0.3) is 33.0 Å². The van der Waals surface area contributed by atoms with Gasteiger partial charge in [0, 0.05) is 65.0 Å². The minimum absolute atomic E-state index is 0.0553. The molecule has 0 aliphatic carbocycles. The SMILES string of the molecule is CN(C)CC1CCn2cc(c3ccccc32)C2=C(C(=O)N(Cc3ccccc3)C2=O)c2cn(c3ccccc23)CCO1. The molecule has 3 aromatic carbocycles. The van der Waals surface area contributed by atoms with E-state index in [0.717, 1.165) is 58.0 Å². The molecule has 2 amide bonds. The summed E-state index contributed by atoms with van der Waals surface area (Å²) < 4.78 is 10.8. The van der Waals surface area contributed by atoms with E-state index in [9.17, 15) is 9.59 Å². The summed E-state index contributed by atoms with van der Waals surface area (Å²) in [4.78, 5) is 32.3. The summed E-state index contributed by atoms with van der Waals surface area (Å²) in [6.07, 6.45) is 4.98. The molecule has 1 atom stereocenters. The van der Waals surface area contributed by atoms with Crippen LogP contribution < -0.4 is 0 Å². The standard InChI is InChI=1S/C35H34N4O3/c1-36(2)21-25-16-17-37-22-28(26-12-6-8-14-30(26)37)32-33(35(41)39(34(32)40)20-24-10-4-3-5-11-24)29-23-38(18-19-42-25)31-15-9-7-13-27(29)31/h3-15,22-23,25H,16-21H2,1-2H3. The van der Waals surface area contributed by atoms with Crippen molar-refractivity contribution >= 4 is 44.8 Å². The largest absolute Gasteiger partial charge is 0.375 e. The van der Waals surface area contributed by atoms with Gasteiger partial charge in [-0.2, -0.15) is 0 Å². The highest BCUT2D eigenvalue weighted by Crippen LogP contribution is 2.42. The normalized spacial score (nSPS) is 17.9. The lowest BCUT2D eigenvalue weighted by molar-refractivity contribution is -0.136. The van der Waals surface area contributed by atoms with Crippen molar-refractivity contribution in [3.8, 4) is 0 Å². The Kier molecular flexibility index (Phi) is 6.76. The zero-order chi connectivity index (χ0) is 28.8. The highest BCUT2D eigenvalue weighted by atomic mass is 16.5. The molecule has 4 heterocycles. The van der Waals surface area contributed by atoms with Gasteiger partial charge in [-0.25, -0.2) is 0 Å². The number of imide groups is 1. The van der Waals surface area contributed by atoms with Gasteiger partial charge >= 0.3 is 0 Å². The fraction of sp³-hybridized carbons (Fsp3) is 0.257. The Labute approximate surface area is 245 Å². The molecule has 42 heavy (non-hydrogen) atoms. The fourth-order valence-corrected chi connectivity index (χ4v) is 6.48. The molecule has 0 N–H and O–H groups in total. The predicted octanol–water partition coefficient (Wildman–Crippen LogP) is 5.43. The van der Waals surface area contributed by atoms with Crippen molar-refractivity contribution in [3.63, 3.8) is 0 Å². The van der Waals surface area contributed by atoms with Crippen molar-refractivity contribution in [1.82, 2.24) is 18.9 Å². The molecule has 7 nitrogen and oxygen atoms in total. The lowest BCUT2D eigenvalue weighted by atomic mass is 9.95. The highest BCUT2D eigenvalue weighted by Gasteiger charge is 2.41. The molecule has 2 aromatic heterocycles. The summed E-state index contributed by atoms with van der Waals surface area (Å²) >= 11 is 0. The first-order valence-electron chi connectivity index (χ1n) is 14.6. The molecule has 2 aliphatic heterocycles. The number of para-hydroxylation sites is 2. The number of aryl methyl sites for hydroxylation is 1. The molecule has 0 saturated carbocycles. The van der Waals surface area contributed by atoms with Gasteiger partial charge < -0.3 is 18.8 Å². The molecule has 5 aromatic rings. The quantitative estimate of drug-likeness (QED) is 0.276. The minimum atomic E-state index is -0.257. The number of ether oxygens (including phenoxy) is 1. The summed E-state index contributed by atoms with van der Waals surface area (Å²) in [6, 6.07) is 26.0. The van der Waals surface area contributed by atoms with Crippen LogP contribution in [-0.2, 0) is 34.0 Å². The van der Waals surface area contributed by atoms with E-state index in [-0.39, 0.29) is 24.5 Å². The van der Waals surface area contributed by atoms with Gasteiger partial charge in [-0.05, 0) is 38.2 Å². The van der Waals surface area contributed by atoms with Crippen LogP contribution in [0.4, 0.5) is 0 Å². The van der Waals surface area contributed by atoms with Crippen LogP contribution in [0.15, 0.2) is 91.3 Å². The van der Waals surface area contributed by atoms with Crippen molar-refractivity contribution in [1.29, 1.82) is 0 Å². The molecule has 7 rings (SSSR count). The summed E-state index contributed by atoms with van der Waals surface area (Å²) in [6.45, 7) is 2.98. The van der Waals surface area contributed by atoms with Gasteiger partial charge in [-0.15, -0.1) is 0 Å². The Balaban J connectivity index is 1.46. The van der Waals surface area contributed by atoms with Crippen LogP contribution in [0.2, 0.25) is 0 Å². The Morgan fingerprint density at radius 3 is 1.88 bits per heavy atom. The Morgan fingerprint density at radius 1 is 0.738 bits per heavy atom. The first-order chi connectivity index (χ1) is 20.5. The van der Waals surface area contributed by atoms with Crippen LogP contribution >= 0.6 is 0 Å². The third-order valence-corrected chi connectivity index (χ3v) is 8.41. The highest BCUT2D eigenvalue weighted by molar-refractivity contribution is 6.50. The number of likely N-dealkylation sites (N-methyl/N-ethyl adjacent to an activating group) is 1. The zero-order valence-corrected chi connectivity index (χ0v) is 24.0. The third-order valence-electron chi connectivity index (χ3n) is 8.41. The lowest BCUT2D eigenvalue weighted by Crippen LogP contribution is -2.30. The van der Waals surface area contributed by atoms with Gasteiger partial charge in [0.1, 0.15) is 0 Å². The molecule has 0 spiro atoms. The molecule has 0 fully saturated rings. The first kappa shape index (κ1) is 26.4. The molecular weight excluding hydrogens is 524 g/mol. The lowest BCUT2D eigenvalue weighted by Gasteiger charge is -2.22. The average molecular weight is 559 g/mol. The minimum Gasteiger partial charge on any atom is -0.375 e. The molecule has 2 aliphatic rings. The zero-order valence-electron chi connectivity index (χ0n) is 24.0. The van der Waals surface area contributed by atoms with Gasteiger partial charge in [0.25, 0.3) is 11.8 Å². The number of amides is 2. The van der Waals surface area contributed by atoms with E-state index < -0.39 is 0 Å². The first-order valence-corrected chi connectivity index (χ1v) is 14.6. The summed E-state index contributed by atoms with van der Waals surface area (Å²) in [5.74, 6) is -0.507. The number of nitrogens with zero attached hydrogens (tertiary/aromatic N) is 4. The number of benzene rings is 3. The van der Waals surface area contributed by atoms with E-state index in [2.05, 4.69) is 52.5 Å². The number of hydrogen-bond donors (Lipinski definition) is 0. The Hall–Kier alpha value is -4.46. The number of carbonyl (C=O) groups excluding carboxylic acids is 2. The smallest absolute Gasteiger partial charge is 0.262 e. The topological polar surface area (TPSA) is 59.7 Å². The summed E-state index contributed by atoms with van der Waals surface area (Å²) in [5.41, 5.74) is 5.51. The van der Waals surface area contributed by atoms with Gasteiger partial charge in [0.05, 0.1) is 30.4 Å². The van der Waals surface area contributed by atoms with Gasteiger partial charge in [-0.1, -0.05) is 66.7 Å². The number of carbonyl (C=O) groups is 2. The number of fused-ring (bicyclic) bond motifs is 12. The molecule has 0 saturated heterocycles. The monoisotopic (exact) mass is 558 g/mol. The maximum Gasteiger partial charge on any atom is 0.262 e. The van der Waals surface area contributed by atoms with Crippen molar-refractivity contribution in [2.75, 3.05) is 27.2 Å². The second-order valence-corrected chi connectivity index (χ2v) is 11.5. The molecule has 0 radical (unpaired) electrons. The van der Waals surface area contributed by atoms with Crippen LogP contribution in [-0.4, -0.2) is 64.1 Å². The summed E-state index contributed by atoms with van der Waals surface area (Å²) in [5, 5.41) is 1.92. The van der Waals surface area contributed by atoms with E-state index >= 15 is 0 Å². The van der Waals surface area contributed by atoms with E-state index in [4.69, 9.17) is 4.74 Å². The van der Waals surface area contributed by atoms with Crippen molar-refractivity contribution in [2.24, 2.45) is 0 Å². The Morgan fingerprint density at radius 2 is 1.29 bits per heavy atom. The molecule has 1 unspecified atom stereocenters. The Bertz CT molecular complexity index is 1850. The second-order valence-electron chi connectivity index (χ2n) is 11.5. The molecule has 7 heteroatoms. The maximum absolute atomic E-state index is 14.4. The number of rotatable bonds is 4. The molecule has 212 valence electrons. The number of hydrogen-bond acceptors (Lipinski definition) is 4. The van der Waals surface area contributed by atoms with Gasteiger partial charge in [-0.3, -0.25) is 14.5 Å². The molecule has 4 bridgehead atoms. The third kappa shape index (κ3) is 4.55. The van der Waals surface area contributed by atoms with Crippen LogP contribution in [0, 0.1) is 0 Å². The van der Waals surface area contributed by atoms with Gasteiger partial charge in [0.15, 0.2) is 0 Å². The van der Waals surface area contributed by atoms with Crippen molar-refractivity contribution in [3.05, 3.63) is 108 Å². The van der Waals surface area contributed by atoms with E-state index in [1.54, 1.807) is 0 Å². The number of aromatic nitrogens is 2. The van der Waals surface area contributed by atoms with Crippen LogP contribution in [0.3, 0.4) is 0 Å². The average Bonchev–Trinajstić information content (AvgIpc) is 3.62. The van der Waals surface area contributed by atoms with Gasteiger partial charge in [0.2, 0.25) is 0 Å². The van der Waals surface area contributed by atoms with E-state index in [1.807, 2.05) is 66.9 Å². The maximum atomic E-state index is 14.4.